The van der Waals surface area contributed by atoms with E-state index in [0.29, 0.717) is 12.8 Å². The van der Waals surface area contributed by atoms with Crippen molar-refractivity contribution >= 4 is 26.0 Å². The lowest BCUT2D eigenvalue weighted by Crippen LogP contribution is -2.49. The van der Waals surface area contributed by atoms with Crippen LogP contribution in [0.1, 0.15) is 40.0 Å². The molecule has 0 aromatic rings. The van der Waals surface area contributed by atoms with Crippen molar-refractivity contribution in [3.63, 3.8) is 0 Å². The fraction of sp³-hybridized carbons (Fsp3) is 0.722. The summed E-state index contributed by atoms with van der Waals surface area (Å²) < 4.78 is 15.0. The Morgan fingerprint density at radius 3 is 1.56 bits per heavy atom. The van der Waals surface area contributed by atoms with Gasteiger partial charge in [-0.1, -0.05) is 19.6 Å². The van der Waals surface area contributed by atoms with E-state index in [1.807, 2.05) is 0 Å². The van der Waals surface area contributed by atoms with Gasteiger partial charge in [-0.25, -0.2) is 0 Å². The number of carbonyl (C=O) groups excluding carboxylic acids is 3. The van der Waals surface area contributed by atoms with Gasteiger partial charge in [0.1, 0.15) is 8.07 Å². The lowest BCUT2D eigenvalue weighted by atomic mass is 9.82. The van der Waals surface area contributed by atoms with Crippen molar-refractivity contribution in [2.24, 2.45) is 5.41 Å². The zero-order valence-corrected chi connectivity index (χ0v) is 17.2. The van der Waals surface area contributed by atoms with E-state index >= 15 is 0 Å². The Morgan fingerprint density at radius 2 is 1.24 bits per heavy atom. The zero-order chi connectivity index (χ0) is 19.5. The molecule has 0 amide bonds. The quantitative estimate of drug-likeness (QED) is 0.155. The molecule has 7 heteroatoms. The van der Waals surface area contributed by atoms with Crippen LogP contribution in [0.2, 0.25) is 19.6 Å². The van der Waals surface area contributed by atoms with Crippen LogP contribution in [-0.4, -0.2) is 45.8 Å². The lowest BCUT2D eigenvalue weighted by Gasteiger charge is -2.26. The van der Waals surface area contributed by atoms with Crippen LogP contribution in [0.5, 0.6) is 0 Å². The van der Waals surface area contributed by atoms with Crippen LogP contribution in [0.25, 0.3) is 0 Å². The van der Waals surface area contributed by atoms with Gasteiger partial charge in [0.2, 0.25) is 0 Å². The second-order valence-electron chi connectivity index (χ2n) is 6.47. The molecule has 0 spiro atoms. The number of ether oxygens (including phenoxy) is 3. The van der Waals surface area contributed by atoms with Gasteiger partial charge < -0.3 is 14.2 Å². The third kappa shape index (κ3) is 7.30. The monoisotopic (exact) mass is 370 g/mol. The van der Waals surface area contributed by atoms with Crippen LogP contribution in [0.15, 0.2) is 0 Å². The van der Waals surface area contributed by atoms with Crippen molar-refractivity contribution in [1.82, 2.24) is 0 Å². The molecule has 6 nitrogen and oxygen atoms in total. The van der Waals surface area contributed by atoms with E-state index in [1.54, 1.807) is 20.8 Å². The molecule has 0 bridgehead atoms. The number of hydrogen-bond donors (Lipinski definition) is 0. The second kappa shape index (κ2) is 10.9. The second-order valence-corrected chi connectivity index (χ2v) is 11.2. The molecule has 0 N–H and O–H groups in total. The fourth-order valence-electron chi connectivity index (χ4n) is 2.09. The first-order valence-electron chi connectivity index (χ1n) is 8.67. The van der Waals surface area contributed by atoms with Gasteiger partial charge in [0.05, 0.1) is 19.8 Å². The standard InChI is InChI=1S/C18H30O6Si/c1-7-22-15(19)18(16(20)23-8-2,17(21)24-9-3)13-11-10-12-14-25(4,5)6/h7-11,13H2,1-6H3. The Hall–Kier alpha value is -1.81. The number of hydrogen-bond acceptors (Lipinski definition) is 6. The van der Waals surface area contributed by atoms with Crippen molar-refractivity contribution < 1.29 is 28.6 Å². The molecule has 0 heterocycles. The third-order valence-electron chi connectivity index (χ3n) is 3.19. The Morgan fingerprint density at radius 1 is 0.840 bits per heavy atom. The van der Waals surface area contributed by atoms with Gasteiger partial charge in [0.15, 0.2) is 0 Å². The molecule has 0 saturated heterocycles. The van der Waals surface area contributed by atoms with Crippen molar-refractivity contribution in [3.05, 3.63) is 0 Å². The summed E-state index contributed by atoms with van der Waals surface area (Å²) in [6.07, 6.45) is 0.808. The van der Waals surface area contributed by atoms with E-state index in [2.05, 4.69) is 31.1 Å². The van der Waals surface area contributed by atoms with E-state index in [1.165, 1.54) is 0 Å². The van der Waals surface area contributed by atoms with Gasteiger partial charge in [0, 0.05) is 6.42 Å². The molecule has 0 aromatic heterocycles. The van der Waals surface area contributed by atoms with Gasteiger partial charge in [-0.2, -0.15) is 0 Å². The average Bonchev–Trinajstić information content (AvgIpc) is 2.50. The Kier molecular flexibility index (Phi) is 10.1. The van der Waals surface area contributed by atoms with Crippen molar-refractivity contribution in [2.45, 2.75) is 59.7 Å². The van der Waals surface area contributed by atoms with Crippen LogP contribution in [0.3, 0.4) is 0 Å². The molecule has 0 rings (SSSR count). The SMILES string of the molecule is CCOC(=O)C(CCCC#C[Si](C)(C)C)(C(=O)OCC)C(=O)OCC. The van der Waals surface area contributed by atoms with E-state index < -0.39 is 31.4 Å². The molecule has 0 aliphatic carbocycles. The van der Waals surface area contributed by atoms with Crippen molar-refractivity contribution in [3.8, 4) is 11.5 Å². The summed E-state index contributed by atoms with van der Waals surface area (Å²) >= 11 is 0. The summed E-state index contributed by atoms with van der Waals surface area (Å²) in [5.74, 6) is 0.288. The molecule has 0 radical (unpaired) electrons. The highest BCUT2D eigenvalue weighted by atomic mass is 28.3. The maximum atomic E-state index is 12.5. The van der Waals surface area contributed by atoms with E-state index in [9.17, 15) is 14.4 Å². The van der Waals surface area contributed by atoms with Crippen molar-refractivity contribution in [2.75, 3.05) is 19.8 Å². The van der Waals surface area contributed by atoms with E-state index in [-0.39, 0.29) is 26.2 Å². The summed E-state index contributed by atoms with van der Waals surface area (Å²) in [4.78, 5) is 37.4. The number of unbranched alkanes of at least 4 members (excludes halogenated alkanes) is 1. The van der Waals surface area contributed by atoms with E-state index in [0.717, 1.165) is 0 Å². The Labute approximate surface area is 151 Å². The van der Waals surface area contributed by atoms with Crippen LogP contribution < -0.4 is 0 Å². The first-order chi connectivity index (χ1) is 11.7. The molecule has 0 saturated carbocycles. The van der Waals surface area contributed by atoms with Crippen LogP contribution in [0.4, 0.5) is 0 Å². The van der Waals surface area contributed by atoms with Crippen LogP contribution in [-0.2, 0) is 28.6 Å². The highest BCUT2D eigenvalue weighted by molar-refractivity contribution is 6.83. The van der Waals surface area contributed by atoms with Crippen LogP contribution in [0, 0.1) is 16.9 Å². The molecule has 25 heavy (non-hydrogen) atoms. The normalized spacial score (nSPS) is 11.1. The summed E-state index contributed by atoms with van der Waals surface area (Å²) in [6, 6.07) is 0. The summed E-state index contributed by atoms with van der Waals surface area (Å²) in [7, 11) is -1.49. The predicted molar refractivity (Wildman–Crippen MR) is 97.3 cm³/mol. The maximum Gasteiger partial charge on any atom is 0.335 e. The Balaban J connectivity index is 5.50. The third-order valence-corrected chi connectivity index (χ3v) is 4.12. The highest BCUT2D eigenvalue weighted by Gasteiger charge is 2.56. The van der Waals surface area contributed by atoms with Crippen LogP contribution >= 0.6 is 0 Å². The average molecular weight is 371 g/mol. The smallest absolute Gasteiger partial charge is 0.335 e. The largest absolute Gasteiger partial charge is 0.465 e. The molecule has 0 unspecified atom stereocenters. The minimum absolute atomic E-state index is 0.0504. The fourth-order valence-corrected chi connectivity index (χ4v) is 2.74. The predicted octanol–water partition coefficient (Wildman–Crippen LogP) is 2.71. The topological polar surface area (TPSA) is 78.9 Å². The molecule has 0 aliphatic rings. The van der Waals surface area contributed by atoms with E-state index in [4.69, 9.17) is 14.2 Å². The molecule has 0 aromatic carbocycles. The molecular formula is C18H30O6Si. The zero-order valence-electron chi connectivity index (χ0n) is 16.2. The number of carbonyl (C=O) groups is 3. The summed E-state index contributed by atoms with van der Waals surface area (Å²) in [5.41, 5.74) is 1.13. The lowest BCUT2D eigenvalue weighted by molar-refractivity contribution is -0.184. The van der Waals surface area contributed by atoms with Gasteiger partial charge in [-0.15, -0.1) is 11.5 Å². The minimum Gasteiger partial charge on any atom is -0.465 e. The first-order valence-corrected chi connectivity index (χ1v) is 12.2. The van der Waals surface area contributed by atoms with Gasteiger partial charge in [-0.3, -0.25) is 14.4 Å². The highest BCUT2D eigenvalue weighted by Crippen LogP contribution is 2.31. The minimum atomic E-state index is -2.08. The van der Waals surface area contributed by atoms with Gasteiger partial charge in [-0.05, 0) is 33.6 Å². The number of esters is 3. The molecule has 0 atom stereocenters. The maximum absolute atomic E-state index is 12.5. The molecule has 0 fully saturated rings. The first kappa shape index (κ1) is 23.2. The van der Waals surface area contributed by atoms with Gasteiger partial charge >= 0.3 is 17.9 Å². The number of rotatable bonds is 9. The van der Waals surface area contributed by atoms with Crippen molar-refractivity contribution in [1.29, 1.82) is 0 Å². The molecular weight excluding hydrogens is 340 g/mol. The molecule has 142 valence electrons. The summed E-state index contributed by atoms with van der Waals surface area (Å²) in [5, 5.41) is 0. The summed E-state index contributed by atoms with van der Waals surface area (Å²) in [6.45, 7) is 11.4. The Bertz CT molecular complexity index is 478. The van der Waals surface area contributed by atoms with Gasteiger partial charge in [0.25, 0.3) is 5.41 Å². The molecule has 0 aliphatic heterocycles.